The lowest BCUT2D eigenvalue weighted by Gasteiger charge is -2.12. The van der Waals surface area contributed by atoms with Gasteiger partial charge in [-0.2, -0.15) is 5.10 Å². The molecule has 1 unspecified atom stereocenters. The van der Waals surface area contributed by atoms with Crippen molar-refractivity contribution in [3.05, 3.63) is 78.1 Å². The minimum Gasteiger partial charge on any atom is -0.394 e. The van der Waals surface area contributed by atoms with Gasteiger partial charge in [0, 0.05) is 24.9 Å². The summed E-state index contributed by atoms with van der Waals surface area (Å²) in [4.78, 5) is 28.3. The van der Waals surface area contributed by atoms with Crippen LogP contribution >= 0.6 is 0 Å². The van der Waals surface area contributed by atoms with Crippen LogP contribution in [-0.4, -0.2) is 32.9 Å². The molecule has 158 valence electrons. The Labute approximate surface area is 173 Å². The molecule has 2 aromatic heterocycles. The molecule has 0 saturated carbocycles. The summed E-state index contributed by atoms with van der Waals surface area (Å²) >= 11 is 0. The second-order valence-corrected chi connectivity index (χ2v) is 6.52. The highest BCUT2D eigenvalue weighted by Gasteiger charge is 2.16. The summed E-state index contributed by atoms with van der Waals surface area (Å²) in [6, 6.07) is 4.52. The molecule has 1 atom stereocenters. The maximum atomic E-state index is 12.3. The van der Waals surface area contributed by atoms with Gasteiger partial charge in [-0.3, -0.25) is 19.3 Å². The number of amides is 1. The van der Waals surface area contributed by atoms with E-state index in [9.17, 15) is 18.4 Å². The van der Waals surface area contributed by atoms with Crippen LogP contribution < -0.4 is 11.1 Å². The Morgan fingerprint density at radius 1 is 1.37 bits per heavy atom. The SMILES string of the molecule is C=C(/C=C\CC(F)F)C(C)n1cc(NC(=O)C(N)=CC(=O)c2ccccn2)c(C)n1. The number of alkyl halides is 2. The van der Waals surface area contributed by atoms with Gasteiger partial charge < -0.3 is 11.1 Å². The Balaban J connectivity index is 2.07. The van der Waals surface area contributed by atoms with Gasteiger partial charge in [0.2, 0.25) is 12.2 Å². The minimum absolute atomic E-state index is 0.171. The number of carbonyl (C=O) groups is 2. The molecule has 9 heteroatoms. The topological polar surface area (TPSA) is 103 Å². The van der Waals surface area contributed by atoms with Gasteiger partial charge in [-0.05, 0) is 31.6 Å². The van der Waals surface area contributed by atoms with Crippen LogP contribution in [0.3, 0.4) is 0 Å². The van der Waals surface area contributed by atoms with Gasteiger partial charge in [-0.25, -0.2) is 8.78 Å². The number of rotatable bonds is 9. The molecule has 0 aliphatic carbocycles. The summed E-state index contributed by atoms with van der Waals surface area (Å²) in [6.07, 6.45) is 4.16. The highest BCUT2D eigenvalue weighted by Crippen LogP contribution is 2.21. The average Bonchev–Trinajstić information content (AvgIpc) is 3.07. The van der Waals surface area contributed by atoms with Gasteiger partial charge in [0.1, 0.15) is 11.4 Å². The third-order valence-electron chi connectivity index (χ3n) is 4.21. The number of hydrogen-bond acceptors (Lipinski definition) is 5. The largest absolute Gasteiger partial charge is 0.394 e. The predicted octanol–water partition coefficient (Wildman–Crippen LogP) is 3.58. The van der Waals surface area contributed by atoms with E-state index in [0.717, 1.165) is 6.08 Å². The van der Waals surface area contributed by atoms with Gasteiger partial charge in [-0.15, -0.1) is 0 Å². The number of nitrogens with zero attached hydrogens (tertiary/aromatic N) is 3. The molecular weight excluding hydrogens is 392 g/mol. The quantitative estimate of drug-likeness (QED) is 0.370. The predicted molar refractivity (Wildman–Crippen MR) is 110 cm³/mol. The van der Waals surface area contributed by atoms with Crippen molar-refractivity contribution in [3.63, 3.8) is 0 Å². The Morgan fingerprint density at radius 3 is 2.73 bits per heavy atom. The summed E-state index contributed by atoms with van der Waals surface area (Å²) in [5.74, 6) is -1.15. The second kappa shape index (κ2) is 10.2. The van der Waals surface area contributed by atoms with E-state index in [2.05, 4.69) is 22.0 Å². The summed E-state index contributed by atoms with van der Waals surface area (Å²) < 4.78 is 26.1. The lowest BCUT2D eigenvalue weighted by Crippen LogP contribution is -2.21. The maximum Gasteiger partial charge on any atom is 0.271 e. The van der Waals surface area contributed by atoms with Crippen LogP contribution in [0.5, 0.6) is 0 Å². The first-order valence-corrected chi connectivity index (χ1v) is 9.12. The van der Waals surface area contributed by atoms with Gasteiger partial charge in [0.25, 0.3) is 5.91 Å². The van der Waals surface area contributed by atoms with Crippen LogP contribution in [0.15, 0.2) is 66.7 Å². The fraction of sp³-hybridized carbons (Fsp3) is 0.238. The molecule has 2 heterocycles. The standard InChI is InChI=1S/C21H23F2N5O2/c1-13(7-6-9-20(22)23)15(3)28-12-18(14(2)27-28)26-21(30)16(24)11-19(29)17-8-4-5-10-25-17/h4-8,10-12,15,20H,1,9,24H2,2-3H3,(H,26,30)/b7-6-,16-11?. The van der Waals surface area contributed by atoms with Crippen LogP contribution in [0.4, 0.5) is 14.5 Å². The normalized spacial score (nSPS) is 12.9. The number of aromatic nitrogens is 3. The summed E-state index contributed by atoms with van der Waals surface area (Å²) in [5, 5.41) is 6.92. The van der Waals surface area contributed by atoms with E-state index in [0.29, 0.717) is 17.0 Å². The Hall–Kier alpha value is -3.62. The average molecular weight is 415 g/mol. The molecule has 2 rings (SSSR count). The molecule has 0 bridgehead atoms. The molecule has 2 aromatic rings. The molecule has 7 nitrogen and oxygen atoms in total. The van der Waals surface area contributed by atoms with E-state index >= 15 is 0 Å². The highest BCUT2D eigenvalue weighted by atomic mass is 19.3. The van der Waals surface area contributed by atoms with Crippen LogP contribution in [0.1, 0.15) is 35.6 Å². The van der Waals surface area contributed by atoms with Crippen molar-refractivity contribution in [2.24, 2.45) is 5.73 Å². The fourth-order valence-electron chi connectivity index (χ4n) is 2.42. The molecule has 3 N–H and O–H groups in total. The maximum absolute atomic E-state index is 12.3. The number of allylic oxidation sites excluding steroid dienone is 4. The number of nitrogens with two attached hydrogens (primary N) is 1. The van der Waals surface area contributed by atoms with E-state index in [-0.39, 0.29) is 23.9 Å². The van der Waals surface area contributed by atoms with Crippen molar-refractivity contribution in [2.75, 3.05) is 5.32 Å². The van der Waals surface area contributed by atoms with Crippen molar-refractivity contribution in [3.8, 4) is 0 Å². The van der Waals surface area contributed by atoms with Gasteiger partial charge >= 0.3 is 0 Å². The summed E-state index contributed by atoms with van der Waals surface area (Å²) in [7, 11) is 0. The zero-order valence-corrected chi connectivity index (χ0v) is 16.7. The van der Waals surface area contributed by atoms with E-state index in [4.69, 9.17) is 5.73 Å². The van der Waals surface area contributed by atoms with Crippen molar-refractivity contribution >= 4 is 17.4 Å². The first-order valence-electron chi connectivity index (χ1n) is 9.12. The Bertz CT molecular complexity index is 981. The zero-order chi connectivity index (χ0) is 22.3. The molecule has 0 radical (unpaired) electrons. The van der Waals surface area contributed by atoms with Crippen molar-refractivity contribution < 1.29 is 18.4 Å². The smallest absolute Gasteiger partial charge is 0.271 e. The lowest BCUT2D eigenvalue weighted by atomic mass is 10.1. The van der Waals surface area contributed by atoms with E-state index in [1.54, 1.807) is 36.9 Å². The minimum atomic E-state index is -2.42. The van der Waals surface area contributed by atoms with Crippen molar-refractivity contribution in [1.29, 1.82) is 0 Å². The molecule has 0 aliphatic heterocycles. The molecule has 0 aliphatic rings. The van der Waals surface area contributed by atoms with Crippen LogP contribution in [0.25, 0.3) is 0 Å². The molecule has 0 fully saturated rings. The van der Waals surface area contributed by atoms with Gasteiger partial charge in [0.15, 0.2) is 0 Å². The zero-order valence-electron chi connectivity index (χ0n) is 16.7. The van der Waals surface area contributed by atoms with Crippen molar-refractivity contribution in [1.82, 2.24) is 14.8 Å². The molecular formula is C21H23F2N5O2. The first kappa shape index (κ1) is 22.7. The van der Waals surface area contributed by atoms with Crippen LogP contribution in [0, 0.1) is 6.92 Å². The number of ketones is 1. The Morgan fingerprint density at radius 2 is 2.10 bits per heavy atom. The third kappa shape index (κ3) is 6.20. The van der Waals surface area contributed by atoms with E-state index in [1.807, 2.05) is 0 Å². The van der Waals surface area contributed by atoms with Crippen LogP contribution in [0.2, 0.25) is 0 Å². The van der Waals surface area contributed by atoms with E-state index in [1.165, 1.54) is 24.4 Å². The second-order valence-electron chi connectivity index (χ2n) is 6.52. The highest BCUT2D eigenvalue weighted by molar-refractivity contribution is 6.11. The number of anilines is 1. The number of carbonyl (C=O) groups excluding carboxylic acids is 2. The first-order chi connectivity index (χ1) is 14.2. The molecule has 30 heavy (non-hydrogen) atoms. The Kier molecular flexibility index (Phi) is 7.74. The molecule has 0 spiro atoms. The van der Waals surface area contributed by atoms with E-state index < -0.39 is 18.1 Å². The summed E-state index contributed by atoms with van der Waals surface area (Å²) in [6.45, 7) is 7.35. The molecule has 0 saturated heterocycles. The lowest BCUT2D eigenvalue weighted by molar-refractivity contribution is -0.112. The number of halogens is 2. The number of hydrogen-bond donors (Lipinski definition) is 2. The molecule has 1 amide bonds. The van der Waals surface area contributed by atoms with Gasteiger partial charge in [-0.1, -0.05) is 24.8 Å². The molecule has 0 aromatic carbocycles. The third-order valence-corrected chi connectivity index (χ3v) is 4.21. The van der Waals surface area contributed by atoms with Crippen molar-refractivity contribution in [2.45, 2.75) is 32.7 Å². The van der Waals surface area contributed by atoms with Gasteiger partial charge in [0.05, 0.1) is 17.4 Å². The monoisotopic (exact) mass is 415 g/mol. The number of pyridine rings is 1. The number of nitrogens with one attached hydrogen (secondary N) is 1. The summed E-state index contributed by atoms with van der Waals surface area (Å²) in [5.41, 5.74) is 7.13. The van der Waals surface area contributed by atoms with Crippen LogP contribution in [-0.2, 0) is 4.79 Å². The fourth-order valence-corrected chi connectivity index (χ4v) is 2.42. The number of aryl methyl sites for hydroxylation is 1.